The van der Waals surface area contributed by atoms with Crippen LogP contribution in [0.2, 0.25) is 0 Å². The number of fused-ring (bicyclic) bond motifs is 1. The quantitative estimate of drug-likeness (QED) is 0.829. The molecule has 1 aromatic carbocycles. The molecule has 2 aromatic rings. The van der Waals surface area contributed by atoms with Crippen LogP contribution in [0.5, 0.6) is 0 Å². The second-order valence-electron chi connectivity index (χ2n) is 7.83. The van der Waals surface area contributed by atoms with Gasteiger partial charge in [0.15, 0.2) is 0 Å². The van der Waals surface area contributed by atoms with Gasteiger partial charge in [0.2, 0.25) is 0 Å². The lowest BCUT2D eigenvalue weighted by Gasteiger charge is -2.32. The topological polar surface area (TPSA) is 51.0 Å². The molecule has 138 valence electrons. The number of aryl methyl sites for hydroxylation is 3. The number of aromatic nitrogens is 3. The summed E-state index contributed by atoms with van der Waals surface area (Å²) in [6.07, 6.45) is 6.84. The molecule has 1 saturated heterocycles. The minimum absolute atomic E-state index is 0.147. The Balaban J connectivity index is 1.53. The first-order valence-corrected chi connectivity index (χ1v) is 9.92. The van der Waals surface area contributed by atoms with Crippen molar-refractivity contribution in [3.8, 4) is 0 Å². The molecule has 1 aromatic heterocycles. The maximum atomic E-state index is 13.0. The van der Waals surface area contributed by atoms with Gasteiger partial charge in [0, 0.05) is 37.5 Å². The van der Waals surface area contributed by atoms with Gasteiger partial charge >= 0.3 is 0 Å². The highest BCUT2D eigenvalue weighted by atomic mass is 16.2. The molecule has 0 saturated carbocycles. The van der Waals surface area contributed by atoms with Crippen LogP contribution in [0, 0.1) is 13.8 Å². The van der Waals surface area contributed by atoms with Gasteiger partial charge in [-0.2, -0.15) is 0 Å². The first-order chi connectivity index (χ1) is 12.6. The highest BCUT2D eigenvalue weighted by Gasteiger charge is 2.30. The number of hydrogen-bond acceptors (Lipinski definition) is 3. The fraction of sp³-hybridized carbons (Fsp3) is 0.571. The summed E-state index contributed by atoms with van der Waals surface area (Å²) < 4.78 is 2.33. The maximum absolute atomic E-state index is 13.0. The predicted octanol–water partition coefficient (Wildman–Crippen LogP) is 3.64. The summed E-state index contributed by atoms with van der Waals surface area (Å²) >= 11 is 0. The van der Waals surface area contributed by atoms with E-state index in [-0.39, 0.29) is 5.91 Å². The van der Waals surface area contributed by atoms with Gasteiger partial charge in [0.05, 0.1) is 0 Å². The number of carbonyl (C=O) groups excluding carboxylic acids is 1. The Morgan fingerprint density at radius 2 is 1.92 bits per heavy atom. The number of nitrogens with zero attached hydrogens (tertiary/aromatic N) is 4. The fourth-order valence-electron chi connectivity index (χ4n) is 4.24. The molecule has 2 aliphatic heterocycles. The molecule has 1 amide bonds. The molecule has 1 unspecified atom stereocenters. The Morgan fingerprint density at radius 1 is 1.04 bits per heavy atom. The summed E-state index contributed by atoms with van der Waals surface area (Å²) in [6, 6.07) is 6.02. The molecule has 1 atom stereocenters. The Kier molecular flexibility index (Phi) is 4.79. The van der Waals surface area contributed by atoms with Gasteiger partial charge in [-0.15, -0.1) is 10.2 Å². The molecule has 0 spiro atoms. The van der Waals surface area contributed by atoms with Gasteiger partial charge < -0.3 is 9.47 Å². The number of benzene rings is 1. The zero-order chi connectivity index (χ0) is 18.1. The van der Waals surface area contributed by atoms with Crippen molar-refractivity contribution in [1.29, 1.82) is 0 Å². The largest absolute Gasteiger partial charge is 0.338 e. The van der Waals surface area contributed by atoms with E-state index in [0.717, 1.165) is 56.1 Å². The van der Waals surface area contributed by atoms with E-state index in [1.807, 2.05) is 23.1 Å². The lowest BCUT2D eigenvalue weighted by molar-refractivity contribution is 0.0703. The molecule has 26 heavy (non-hydrogen) atoms. The lowest BCUT2D eigenvalue weighted by Crippen LogP contribution is -2.39. The van der Waals surface area contributed by atoms with E-state index in [0.29, 0.717) is 5.92 Å². The number of piperidine rings is 1. The zero-order valence-corrected chi connectivity index (χ0v) is 15.9. The smallest absolute Gasteiger partial charge is 0.253 e. The van der Waals surface area contributed by atoms with Crippen LogP contribution in [-0.4, -0.2) is 38.7 Å². The van der Waals surface area contributed by atoms with E-state index >= 15 is 0 Å². The van der Waals surface area contributed by atoms with Gasteiger partial charge in [-0.05, 0) is 62.8 Å². The summed E-state index contributed by atoms with van der Waals surface area (Å²) in [5, 5.41) is 8.98. The van der Waals surface area contributed by atoms with E-state index in [9.17, 15) is 4.79 Å². The summed E-state index contributed by atoms with van der Waals surface area (Å²) in [5.41, 5.74) is 3.20. The normalized spacial score (nSPS) is 20.5. The number of amides is 1. The first kappa shape index (κ1) is 17.3. The molecule has 0 radical (unpaired) electrons. The van der Waals surface area contributed by atoms with E-state index in [2.05, 4.69) is 28.6 Å². The number of likely N-dealkylation sites (tertiary alicyclic amines) is 1. The molecular weight excluding hydrogens is 324 g/mol. The maximum Gasteiger partial charge on any atom is 0.253 e. The van der Waals surface area contributed by atoms with Crippen molar-refractivity contribution < 1.29 is 4.79 Å². The van der Waals surface area contributed by atoms with Crippen molar-refractivity contribution in [1.82, 2.24) is 19.7 Å². The monoisotopic (exact) mass is 352 g/mol. The van der Waals surface area contributed by atoms with E-state index in [4.69, 9.17) is 0 Å². The van der Waals surface area contributed by atoms with E-state index in [1.165, 1.54) is 30.4 Å². The molecule has 4 rings (SSSR count). The van der Waals surface area contributed by atoms with Crippen molar-refractivity contribution in [3.63, 3.8) is 0 Å². The highest BCUT2D eigenvalue weighted by molar-refractivity contribution is 5.94. The Hall–Kier alpha value is -2.17. The summed E-state index contributed by atoms with van der Waals surface area (Å²) in [4.78, 5) is 15.0. The fourth-order valence-corrected chi connectivity index (χ4v) is 4.24. The summed E-state index contributed by atoms with van der Waals surface area (Å²) in [6.45, 7) is 6.76. The van der Waals surface area contributed by atoms with Crippen LogP contribution >= 0.6 is 0 Å². The van der Waals surface area contributed by atoms with Crippen molar-refractivity contribution in [3.05, 3.63) is 46.5 Å². The van der Waals surface area contributed by atoms with Crippen LogP contribution in [0.25, 0.3) is 0 Å². The molecule has 1 fully saturated rings. The standard InChI is InChI=1S/C21H28N4O/c1-15-9-10-17(13-16(15)2)21(26)24-11-6-7-18(14-24)20-23-22-19-8-4-3-5-12-25(19)20/h9-10,13,18H,3-8,11-12,14H2,1-2H3. The molecule has 5 heteroatoms. The third-order valence-electron chi connectivity index (χ3n) is 5.97. The van der Waals surface area contributed by atoms with E-state index in [1.54, 1.807) is 0 Å². The first-order valence-electron chi connectivity index (χ1n) is 9.92. The van der Waals surface area contributed by atoms with Gasteiger partial charge in [-0.1, -0.05) is 12.5 Å². The average molecular weight is 352 g/mol. The molecule has 3 heterocycles. The van der Waals surface area contributed by atoms with Gasteiger partial charge in [-0.3, -0.25) is 4.79 Å². The van der Waals surface area contributed by atoms with Crippen molar-refractivity contribution >= 4 is 5.91 Å². The molecule has 0 aliphatic carbocycles. The molecule has 0 bridgehead atoms. The third-order valence-corrected chi connectivity index (χ3v) is 5.97. The van der Waals surface area contributed by atoms with Crippen LogP contribution in [0.4, 0.5) is 0 Å². The Bertz CT molecular complexity index is 810. The SMILES string of the molecule is Cc1ccc(C(=O)N2CCCC(c3nnc4n3CCCCC4)C2)cc1C. The number of rotatable bonds is 2. The molecular formula is C21H28N4O. The summed E-state index contributed by atoms with van der Waals surface area (Å²) in [7, 11) is 0. The molecule has 5 nitrogen and oxygen atoms in total. The minimum atomic E-state index is 0.147. The Labute approximate surface area is 155 Å². The van der Waals surface area contributed by atoms with Gasteiger partial charge in [0.25, 0.3) is 5.91 Å². The second kappa shape index (κ2) is 7.22. The molecule has 2 aliphatic rings. The van der Waals surface area contributed by atoms with Crippen LogP contribution in [0.3, 0.4) is 0 Å². The van der Waals surface area contributed by atoms with E-state index < -0.39 is 0 Å². The van der Waals surface area contributed by atoms with Crippen LogP contribution < -0.4 is 0 Å². The summed E-state index contributed by atoms with van der Waals surface area (Å²) in [5.74, 6) is 2.68. The average Bonchev–Trinajstić information content (AvgIpc) is 2.92. The van der Waals surface area contributed by atoms with Crippen LogP contribution in [-0.2, 0) is 13.0 Å². The minimum Gasteiger partial charge on any atom is -0.338 e. The van der Waals surface area contributed by atoms with Crippen molar-refractivity contribution in [2.75, 3.05) is 13.1 Å². The zero-order valence-electron chi connectivity index (χ0n) is 15.9. The van der Waals surface area contributed by atoms with Crippen LogP contribution in [0.1, 0.15) is 71.2 Å². The number of hydrogen-bond donors (Lipinski definition) is 0. The van der Waals surface area contributed by atoms with Crippen molar-refractivity contribution in [2.45, 2.75) is 64.8 Å². The molecule has 0 N–H and O–H groups in total. The third kappa shape index (κ3) is 3.27. The van der Waals surface area contributed by atoms with Crippen molar-refractivity contribution in [2.24, 2.45) is 0 Å². The van der Waals surface area contributed by atoms with Gasteiger partial charge in [0.1, 0.15) is 11.6 Å². The predicted molar refractivity (Wildman–Crippen MR) is 101 cm³/mol. The number of carbonyl (C=O) groups is 1. The highest BCUT2D eigenvalue weighted by Crippen LogP contribution is 2.29. The van der Waals surface area contributed by atoms with Gasteiger partial charge in [-0.25, -0.2) is 0 Å². The second-order valence-corrected chi connectivity index (χ2v) is 7.83. The lowest BCUT2D eigenvalue weighted by atomic mass is 9.96. The van der Waals surface area contributed by atoms with Crippen LogP contribution in [0.15, 0.2) is 18.2 Å². The Morgan fingerprint density at radius 3 is 2.77 bits per heavy atom.